The Hall–Kier alpha value is -2.10. The Kier molecular flexibility index (Phi) is 4.72. The lowest BCUT2D eigenvalue weighted by Crippen LogP contribution is -2.06. The van der Waals surface area contributed by atoms with Gasteiger partial charge in [-0.05, 0) is 18.6 Å². The number of Topliss-reactive ketones (excluding diaryl/α,β-unsaturated/α-hetero) is 1. The lowest BCUT2D eigenvalue weighted by Gasteiger charge is -2.10. The molecule has 0 radical (unpaired) electrons. The molecular formula is C15H18N2O2. The highest BCUT2D eigenvalue weighted by atomic mass is 16.5. The van der Waals surface area contributed by atoms with Crippen LogP contribution in [0.4, 0.5) is 0 Å². The molecule has 4 heteroatoms. The Morgan fingerprint density at radius 2 is 2.21 bits per heavy atom. The lowest BCUT2D eigenvalue weighted by molar-refractivity contribution is 0.0984. The first-order valence-electron chi connectivity index (χ1n) is 6.52. The van der Waals surface area contributed by atoms with Gasteiger partial charge in [-0.15, -0.1) is 0 Å². The SMILES string of the molecule is CCC(=O)c1ccccc1OCCCn1ccnc1. The summed E-state index contributed by atoms with van der Waals surface area (Å²) in [4.78, 5) is 15.7. The van der Waals surface area contributed by atoms with E-state index in [1.807, 2.05) is 42.0 Å². The minimum Gasteiger partial charge on any atom is -0.493 e. The van der Waals surface area contributed by atoms with Crippen molar-refractivity contribution in [3.63, 3.8) is 0 Å². The summed E-state index contributed by atoms with van der Waals surface area (Å²) in [6.45, 7) is 3.31. The average Bonchev–Trinajstić information content (AvgIpc) is 2.96. The van der Waals surface area contributed by atoms with Crippen LogP contribution < -0.4 is 4.74 Å². The van der Waals surface area contributed by atoms with Gasteiger partial charge in [-0.25, -0.2) is 4.98 Å². The van der Waals surface area contributed by atoms with Crippen LogP contribution in [0.25, 0.3) is 0 Å². The fourth-order valence-corrected chi connectivity index (χ4v) is 1.86. The Balaban J connectivity index is 1.87. The zero-order chi connectivity index (χ0) is 13.5. The summed E-state index contributed by atoms with van der Waals surface area (Å²) in [6, 6.07) is 7.41. The topological polar surface area (TPSA) is 44.1 Å². The summed E-state index contributed by atoms with van der Waals surface area (Å²) in [7, 11) is 0. The van der Waals surface area contributed by atoms with E-state index in [9.17, 15) is 4.79 Å². The number of hydrogen-bond donors (Lipinski definition) is 0. The normalized spacial score (nSPS) is 10.4. The molecule has 0 fully saturated rings. The number of ether oxygens (including phenoxy) is 1. The highest BCUT2D eigenvalue weighted by Crippen LogP contribution is 2.19. The third-order valence-corrected chi connectivity index (χ3v) is 2.89. The lowest BCUT2D eigenvalue weighted by atomic mass is 10.1. The van der Waals surface area contributed by atoms with Gasteiger partial charge in [-0.1, -0.05) is 19.1 Å². The standard InChI is InChI=1S/C15H18N2O2/c1-2-14(18)13-6-3-4-7-15(13)19-11-5-9-17-10-8-16-12-17/h3-4,6-8,10,12H,2,5,9,11H2,1H3. The van der Waals surface area contributed by atoms with E-state index in [1.54, 1.807) is 12.5 Å². The maximum Gasteiger partial charge on any atom is 0.166 e. The second kappa shape index (κ2) is 6.73. The fraction of sp³-hybridized carbons (Fsp3) is 0.333. The molecule has 4 nitrogen and oxygen atoms in total. The fourth-order valence-electron chi connectivity index (χ4n) is 1.86. The van der Waals surface area contributed by atoms with Crippen LogP contribution in [0, 0.1) is 0 Å². The van der Waals surface area contributed by atoms with Crippen molar-refractivity contribution >= 4 is 5.78 Å². The van der Waals surface area contributed by atoms with Crippen molar-refractivity contribution < 1.29 is 9.53 Å². The van der Waals surface area contributed by atoms with E-state index in [-0.39, 0.29) is 5.78 Å². The summed E-state index contributed by atoms with van der Waals surface area (Å²) in [5.74, 6) is 0.796. The molecule has 2 aromatic rings. The van der Waals surface area contributed by atoms with Gasteiger partial charge in [-0.2, -0.15) is 0 Å². The van der Waals surface area contributed by atoms with Crippen LogP contribution in [-0.4, -0.2) is 21.9 Å². The summed E-state index contributed by atoms with van der Waals surface area (Å²) in [5, 5.41) is 0. The second-order valence-electron chi connectivity index (χ2n) is 4.28. The maximum atomic E-state index is 11.8. The van der Waals surface area contributed by atoms with Gasteiger partial charge >= 0.3 is 0 Å². The number of carbonyl (C=O) groups is 1. The summed E-state index contributed by atoms with van der Waals surface area (Å²) in [5.41, 5.74) is 0.674. The number of aryl methyl sites for hydroxylation is 1. The summed E-state index contributed by atoms with van der Waals surface area (Å²) < 4.78 is 7.71. The molecule has 19 heavy (non-hydrogen) atoms. The Bertz CT molecular complexity index is 521. The average molecular weight is 258 g/mol. The molecule has 1 heterocycles. The van der Waals surface area contributed by atoms with Gasteiger partial charge in [-0.3, -0.25) is 4.79 Å². The minimum atomic E-state index is 0.116. The van der Waals surface area contributed by atoms with Crippen LogP contribution in [0.3, 0.4) is 0 Å². The molecule has 0 spiro atoms. The van der Waals surface area contributed by atoms with E-state index in [0.717, 1.165) is 13.0 Å². The van der Waals surface area contributed by atoms with Crippen molar-refractivity contribution in [2.45, 2.75) is 26.3 Å². The van der Waals surface area contributed by atoms with E-state index in [2.05, 4.69) is 4.98 Å². The van der Waals surface area contributed by atoms with Gasteiger partial charge in [0, 0.05) is 25.4 Å². The quantitative estimate of drug-likeness (QED) is 0.566. The number of para-hydroxylation sites is 1. The molecule has 0 saturated carbocycles. The largest absolute Gasteiger partial charge is 0.493 e. The van der Waals surface area contributed by atoms with Crippen molar-refractivity contribution in [1.29, 1.82) is 0 Å². The van der Waals surface area contributed by atoms with Crippen molar-refractivity contribution in [2.75, 3.05) is 6.61 Å². The van der Waals surface area contributed by atoms with E-state index in [4.69, 9.17) is 4.74 Å². The third-order valence-electron chi connectivity index (χ3n) is 2.89. The van der Waals surface area contributed by atoms with Crippen LogP contribution in [-0.2, 0) is 6.54 Å². The molecule has 0 bridgehead atoms. The molecule has 1 aromatic heterocycles. The molecule has 0 unspecified atom stereocenters. The predicted octanol–water partition coefficient (Wildman–Crippen LogP) is 2.94. The molecule has 0 aliphatic carbocycles. The number of rotatable bonds is 7. The Labute approximate surface area is 113 Å². The summed E-state index contributed by atoms with van der Waals surface area (Å²) >= 11 is 0. The molecule has 1 aromatic carbocycles. The van der Waals surface area contributed by atoms with Crippen LogP contribution in [0.2, 0.25) is 0 Å². The first kappa shape index (κ1) is 13.3. The van der Waals surface area contributed by atoms with Gasteiger partial charge < -0.3 is 9.30 Å². The number of benzene rings is 1. The van der Waals surface area contributed by atoms with Gasteiger partial charge in [0.1, 0.15) is 5.75 Å². The van der Waals surface area contributed by atoms with Gasteiger partial charge in [0.15, 0.2) is 5.78 Å². The molecule has 0 N–H and O–H groups in total. The van der Waals surface area contributed by atoms with E-state index in [1.165, 1.54) is 0 Å². The number of nitrogens with zero attached hydrogens (tertiary/aromatic N) is 2. The second-order valence-corrected chi connectivity index (χ2v) is 4.28. The number of carbonyl (C=O) groups excluding carboxylic acids is 1. The zero-order valence-corrected chi connectivity index (χ0v) is 11.1. The van der Waals surface area contributed by atoms with Crippen LogP contribution in [0.5, 0.6) is 5.75 Å². The first-order chi connectivity index (χ1) is 9.31. The van der Waals surface area contributed by atoms with Crippen LogP contribution in [0.1, 0.15) is 30.1 Å². The number of ketones is 1. The molecule has 100 valence electrons. The van der Waals surface area contributed by atoms with E-state index >= 15 is 0 Å². The van der Waals surface area contributed by atoms with E-state index < -0.39 is 0 Å². The van der Waals surface area contributed by atoms with Crippen molar-refractivity contribution in [2.24, 2.45) is 0 Å². The number of aromatic nitrogens is 2. The Morgan fingerprint density at radius 1 is 1.37 bits per heavy atom. The molecule has 0 atom stereocenters. The van der Waals surface area contributed by atoms with Gasteiger partial charge in [0.25, 0.3) is 0 Å². The number of hydrogen-bond acceptors (Lipinski definition) is 3. The maximum absolute atomic E-state index is 11.8. The predicted molar refractivity (Wildman–Crippen MR) is 73.4 cm³/mol. The number of imidazole rings is 1. The van der Waals surface area contributed by atoms with Crippen LogP contribution >= 0.6 is 0 Å². The van der Waals surface area contributed by atoms with Crippen molar-refractivity contribution in [3.8, 4) is 5.75 Å². The van der Waals surface area contributed by atoms with Gasteiger partial charge in [0.05, 0.1) is 18.5 Å². The molecule has 0 aliphatic heterocycles. The highest BCUT2D eigenvalue weighted by molar-refractivity contribution is 5.98. The third kappa shape index (κ3) is 3.68. The summed E-state index contributed by atoms with van der Waals surface area (Å²) in [6.07, 6.45) is 6.85. The smallest absolute Gasteiger partial charge is 0.166 e. The zero-order valence-electron chi connectivity index (χ0n) is 11.1. The minimum absolute atomic E-state index is 0.116. The first-order valence-corrected chi connectivity index (χ1v) is 6.52. The van der Waals surface area contributed by atoms with Crippen molar-refractivity contribution in [3.05, 3.63) is 48.5 Å². The molecule has 0 saturated heterocycles. The molecular weight excluding hydrogens is 240 g/mol. The highest BCUT2D eigenvalue weighted by Gasteiger charge is 2.09. The molecule has 0 amide bonds. The Morgan fingerprint density at radius 3 is 2.95 bits per heavy atom. The monoisotopic (exact) mass is 258 g/mol. The van der Waals surface area contributed by atoms with Crippen molar-refractivity contribution in [1.82, 2.24) is 9.55 Å². The van der Waals surface area contributed by atoms with E-state index in [0.29, 0.717) is 24.3 Å². The van der Waals surface area contributed by atoms with Crippen LogP contribution in [0.15, 0.2) is 43.0 Å². The van der Waals surface area contributed by atoms with Gasteiger partial charge in [0.2, 0.25) is 0 Å². The molecule has 2 rings (SSSR count). The molecule has 0 aliphatic rings.